The first-order valence-corrected chi connectivity index (χ1v) is 7.00. The Bertz CT molecular complexity index is 570. The first-order chi connectivity index (χ1) is 8.06. The van der Waals surface area contributed by atoms with Crippen molar-refractivity contribution in [3.8, 4) is 0 Å². The van der Waals surface area contributed by atoms with Crippen molar-refractivity contribution in [1.29, 1.82) is 0 Å². The van der Waals surface area contributed by atoms with Gasteiger partial charge < -0.3 is 0 Å². The Morgan fingerprint density at radius 1 is 1.35 bits per heavy atom. The second-order valence-corrected chi connectivity index (χ2v) is 6.55. The van der Waals surface area contributed by atoms with Gasteiger partial charge in [0, 0.05) is 28.9 Å². The fourth-order valence-electron chi connectivity index (χ4n) is 1.36. The molecule has 0 unspecified atom stereocenters. The second kappa shape index (κ2) is 5.48. The summed E-state index contributed by atoms with van der Waals surface area (Å²) >= 11 is 16.2. The lowest BCUT2D eigenvalue weighted by atomic mass is 10.1. The fourth-order valence-corrected chi connectivity index (χ4v) is 3.27. The third kappa shape index (κ3) is 3.28. The zero-order valence-electron chi connectivity index (χ0n) is 8.41. The Hall–Kier alpha value is -0.420. The van der Waals surface area contributed by atoms with Crippen LogP contribution in [0.5, 0.6) is 0 Å². The minimum absolute atomic E-state index is 0.0574. The average molecular weight is 351 g/mol. The first-order valence-electron chi connectivity index (χ1n) is 4.63. The molecule has 0 amide bonds. The summed E-state index contributed by atoms with van der Waals surface area (Å²) in [5.41, 5.74) is 1.31. The van der Waals surface area contributed by atoms with Crippen LogP contribution in [0.15, 0.2) is 29.0 Å². The third-order valence-electron chi connectivity index (χ3n) is 2.08. The zero-order chi connectivity index (χ0) is 12.4. The maximum atomic E-state index is 12.0. The molecule has 0 fully saturated rings. The summed E-state index contributed by atoms with van der Waals surface area (Å²) in [7, 11) is 0. The van der Waals surface area contributed by atoms with Gasteiger partial charge in [0.25, 0.3) is 0 Å². The van der Waals surface area contributed by atoms with Crippen LogP contribution < -0.4 is 0 Å². The number of pyridine rings is 1. The SMILES string of the molecule is O=C(Cc1cncc(Br)c1)c1cc(Cl)sc1Cl. The lowest BCUT2D eigenvalue weighted by Crippen LogP contribution is -2.03. The van der Waals surface area contributed by atoms with Crippen molar-refractivity contribution in [2.24, 2.45) is 0 Å². The lowest BCUT2D eigenvalue weighted by molar-refractivity contribution is 0.0993. The Morgan fingerprint density at radius 3 is 2.71 bits per heavy atom. The van der Waals surface area contributed by atoms with Crippen LogP contribution in [-0.4, -0.2) is 10.8 Å². The number of Topliss-reactive ketones (excluding diaryl/α,β-unsaturated/α-hetero) is 1. The van der Waals surface area contributed by atoms with E-state index in [1.54, 1.807) is 18.5 Å². The number of hydrogen-bond donors (Lipinski definition) is 0. The van der Waals surface area contributed by atoms with E-state index in [1.807, 2.05) is 6.07 Å². The Morgan fingerprint density at radius 2 is 2.12 bits per heavy atom. The molecule has 0 saturated carbocycles. The van der Waals surface area contributed by atoms with E-state index in [4.69, 9.17) is 23.2 Å². The number of rotatable bonds is 3. The summed E-state index contributed by atoms with van der Waals surface area (Å²) in [6.07, 6.45) is 3.59. The van der Waals surface area contributed by atoms with Gasteiger partial charge in [-0.05, 0) is 33.6 Å². The van der Waals surface area contributed by atoms with Gasteiger partial charge in [-0.15, -0.1) is 11.3 Å². The molecular weight excluding hydrogens is 345 g/mol. The van der Waals surface area contributed by atoms with E-state index in [0.717, 1.165) is 10.0 Å². The largest absolute Gasteiger partial charge is 0.294 e. The van der Waals surface area contributed by atoms with E-state index in [2.05, 4.69) is 20.9 Å². The molecule has 0 aliphatic rings. The van der Waals surface area contributed by atoms with Crippen LogP contribution in [0, 0.1) is 0 Å². The molecule has 0 atom stereocenters. The van der Waals surface area contributed by atoms with Crippen molar-refractivity contribution in [2.75, 3.05) is 0 Å². The van der Waals surface area contributed by atoms with E-state index in [9.17, 15) is 4.79 Å². The van der Waals surface area contributed by atoms with Crippen LogP contribution in [0.3, 0.4) is 0 Å². The molecule has 0 aromatic carbocycles. The summed E-state index contributed by atoms with van der Waals surface area (Å²) < 4.78 is 1.80. The highest BCUT2D eigenvalue weighted by Gasteiger charge is 2.14. The molecular formula is C11H6BrCl2NOS. The van der Waals surface area contributed by atoms with Gasteiger partial charge in [0.1, 0.15) is 4.34 Å². The Balaban J connectivity index is 2.20. The van der Waals surface area contributed by atoms with E-state index in [-0.39, 0.29) is 12.2 Å². The van der Waals surface area contributed by atoms with Crippen LogP contribution in [0.1, 0.15) is 15.9 Å². The number of halogens is 3. The van der Waals surface area contributed by atoms with Crippen LogP contribution in [0.4, 0.5) is 0 Å². The Kier molecular flexibility index (Phi) is 4.20. The molecule has 0 bridgehead atoms. The molecule has 2 heterocycles. The molecule has 2 rings (SSSR count). The summed E-state index contributed by atoms with van der Waals surface area (Å²) in [6.45, 7) is 0. The fraction of sp³-hybridized carbons (Fsp3) is 0.0909. The van der Waals surface area contributed by atoms with Crippen LogP contribution in [0.25, 0.3) is 0 Å². The van der Waals surface area contributed by atoms with E-state index in [1.165, 1.54) is 11.3 Å². The van der Waals surface area contributed by atoms with E-state index >= 15 is 0 Å². The number of ketones is 1. The summed E-state index contributed by atoms with van der Waals surface area (Å²) in [4.78, 5) is 16.0. The highest BCUT2D eigenvalue weighted by molar-refractivity contribution is 9.10. The maximum Gasteiger partial charge on any atom is 0.169 e. The number of hydrogen-bond acceptors (Lipinski definition) is 3. The normalized spacial score (nSPS) is 10.5. The number of carbonyl (C=O) groups is 1. The number of aromatic nitrogens is 1. The number of nitrogens with zero attached hydrogens (tertiary/aromatic N) is 1. The van der Waals surface area contributed by atoms with E-state index in [0.29, 0.717) is 14.2 Å². The van der Waals surface area contributed by atoms with Crippen molar-refractivity contribution < 1.29 is 4.79 Å². The first kappa shape index (κ1) is 13.0. The van der Waals surface area contributed by atoms with Crippen molar-refractivity contribution in [3.63, 3.8) is 0 Å². The zero-order valence-corrected chi connectivity index (χ0v) is 12.3. The van der Waals surface area contributed by atoms with Crippen molar-refractivity contribution >= 4 is 56.3 Å². The monoisotopic (exact) mass is 349 g/mol. The number of thiophene rings is 1. The molecule has 88 valence electrons. The molecule has 0 radical (unpaired) electrons. The van der Waals surface area contributed by atoms with Gasteiger partial charge in [0.05, 0.1) is 4.34 Å². The molecule has 0 spiro atoms. The summed E-state index contributed by atoms with van der Waals surface area (Å²) in [6, 6.07) is 3.45. The summed E-state index contributed by atoms with van der Waals surface area (Å²) in [5, 5.41) is 0. The van der Waals surface area contributed by atoms with Gasteiger partial charge in [-0.2, -0.15) is 0 Å². The van der Waals surface area contributed by atoms with Crippen LogP contribution in [-0.2, 0) is 6.42 Å². The van der Waals surface area contributed by atoms with Gasteiger partial charge in [0.2, 0.25) is 0 Å². The smallest absolute Gasteiger partial charge is 0.169 e. The second-order valence-electron chi connectivity index (χ2n) is 3.35. The average Bonchev–Trinajstić information content (AvgIpc) is 2.58. The molecule has 6 heteroatoms. The molecule has 2 aromatic rings. The van der Waals surface area contributed by atoms with Crippen molar-refractivity contribution in [2.45, 2.75) is 6.42 Å². The molecule has 17 heavy (non-hydrogen) atoms. The highest BCUT2D eigenvalue weighted by Crippen LogP contribution is 2.31. The maximum absolute atomic E-state index is 12.0. The molecule has 0 aliphatic carbocycles. The van der Waals surface area contributed by atoms with Crippen LogP contribution >= 0.6 is 50.5 Å². The topological polar surface area (TPSA) is 30.0 Å². The van der Waals surface area contributed by atoms with Crippen molar-refractivity contribution in [1.82, 2.24) is 4.98 Å². The molecule has 2 nitrogen and oxygen atoms in total. The minimum atomic E-state index is -0.0574. The van der Waals surface area contributed by atoms with Gasteiger partial charge in [0.15, 0.2) is 5.78 Å². The quantitative estimate of drug-likeness (QED) is 0.755. The van der Waals surface area contributed by atoms with Gasteiger partial charge in [-0.25, -0.2) is 0 Å². The molecule has 2 aromatic heterocycles. The summed E-state index contributed by atoms with van der Waals surface area (Å²) in [5.74, 6) is -0.0574. The predicted octanol–water partition coefficient (Wildman–Crippen LogP) is 4.64. The standard InChI is InChI=1S/C11H6BrCl2NOS/c12-7-1-6(4-15-5-7)2-9(16)8-3-10(13)17-11(8)14/h1,3-5H,2H2. The van der Waals surface area contributed by atoms with Gasteiger partial charge in [-0.3, -0.25) is 9.78 Å². The van der Waals surface area contributed by atoms with E-state index < -0.39 is 0 Å². The molecule has 0 saturated heterocycles. The highest BCUT2D eigenvalue weighted by atomic mass is 79.9. The number of carbonyl (C=O) groups excluding carboxylic acids is 1. The minimum Gasteiger partial charge on any atom is -0.294 e. The van der Waals surface area contributed by atoms with Crippen molar-refractivity contribution in [3.05, 3.63) is 48.8 Å². The Labute approximate surface area is 121 Å². The van der Waals surface area contributed by atoms with Gasteiger partial charge in [-0.1, -0.05) is 23.2 Å². The van der Waals surface area contributed by atoms with Gasteiger partial charge >= 0.3 is 0 Å². The molecule has 0 N–H and O–H groups in total. The van der Waals surface area contributed by atoms with Crippen LogP contribution in [0.2, 0.25) is 8.67 Å². The lowest BCUT2D eigenvalue weighted by Gasteiger charge is -2.00. The third-order valence-corrected chi connectivity index (χ3v) is 4.00. The predicted molar refractivity (Wildman–Crippen MR) is 74.3 cm³/mol. The molecule has 0 aliphatic heterocycles.